The zero-order valence-corrected chi connectivity index (χ0v) is 15.4. The lowest BCUT2D eigenvalue weighted by molar-refractivity contribution is 0.201. The van der Waals surface area contributed by atoms with Crippen molar-refractivity contribution in [2.75, 3.05) is 0 Å². The third-order valence-corrected chi connectivity index (χ3v) is 5.58. The van der Waals surface area contributed by atoms with Crippen LogP contribution in [0, 0.1) is 11.3 Å². The Labute approximate surface area is 135 Å². The molecule has 0 amide bonds. The molecule has 126 valence electrons. The molecule has 0 aromatic carbocycles. The number of hydrogen-bond acceptors (Lipinski definition) is 0. The summed E-state index contributed by atoms with van der Waals surface area (Å²) >= 11 is 0. The van der Waals surface area contributed by atoms with Gasteiger partial charge in [0.15, 0.2) is 0 Å². The summed E-state index contributed by atoms with van der Waals surface area (Å²) in [5, 5.41) is 0. The molecule has 1 saturated carbocycles. The van der Waals surface area contributed by atoms with Crippen molar-refractivity contribution in [1.29, 1.82) is 0 Å². The van der Waals surface area contributed by atoms with E-state index in [-0.39, 0.29) is 0 Å². The van der Waals surface area contributed by atoms with E-state index in [9.17, 15) is 0 Å². The van der Waals surface area contributed by atoms with Crippen LogP contribution in [0.15, 0.2) is 0 Å². The Kier molecular flexibility index (Phi) is 10.5. The van der Waals surface area contributed by atoms with E-state index in [0.29, 0.717) is 5.41 Å². The van der Waals surface area contributed by atoms with Crippen molar-refractivity contribution >= 4 is 0 Å². The summed E-state index contributed by atoms with van der Waals surface area (Å²) < 4.78 is 0. The van der Waals surface area contributed by atoms with Crippen molar-refractivity contribution in [2.45, 2.75) is 124 Å². The van der Waals surface area contributed by atoms with Crippen LogP contribution in [0.5, 0.6) is 0 Å². The Morgan fingerprint density at radius 3 is 0.905 bits per heavy atom. The molecule has 0 aromatic heterocycles. The number of hydrogen-bond donors (Lipinski definition) is 0. The Bertz CT molecular complexity index is 205. The summed E-state index contributed by atoms with van der Waals surface area (Å²) in [6.07, 6.45) is 23.7. The van der Waals surface area contributed by atoms with Crippen LogP contribution in [0.4, 0.5) is 0 Å². The SMILES string of the molecule is CC(C)(C)C1CCCCCCCCCCCCCCCC1. The molecule has 0 saturated heterocycles. The first kappa shape index (κ1) is 19.0. The second-order valence-corrected chi connectivity index (χ2v) is 8.59. The van der Waals surface area contributed by atoms with Gasteiger partial charge in [0.05, 0.1) is 0 Å². The molecule has 21 heavy (non-hydrogen) atoms. The minimum Gasteiger partial charge on any atom is -0.0599 e. The average Bonchev–Trinajstić information content (AvgIpc) is 2.42. The minimum absolute atomic E-state index is 0.517. The largest absolute Gasteiger partial charge is 0.0599 e. The molecule has 0 spiro atoms. The molecule has 1 fully saturated rings. The van der Waals surface area contributed by atoms with E-state index < -0.39 is 0 Å². The predicted octanol–water partition coefficient (Wildman–Crippen LogP) is 7.90. The minimum atomic E-state index is 0.517. The molecular weight excluding hydrogens is 252 g/mol. The first-order valence-electron chi connectivity index (χ1n) is 10.1. The maximum Gasteiger partial charge on any atom is -0.0354 e. The van der Waals surface area contributed by atoms with Gasteiger partial charge in [-0.3, -0.25) is 0 Å². The van der Waals surface area contributed by atoms with E-state index >= 15 is 0 Å². The number of rotatable bonds is 0. The Morgan fingerprint density at radius 2 is 0.667 bits per heavy atom. The summed E-state index contributed by atoms with van der Waals surface area (Å²) in [5.74, 6) is 0.952. The van der Waals surface area contributed by atoms with Crippen LogP contribution in [-0.4, -0.2) is 0 Å². The Morgan fingerprint density at radius 1 is 0.429 bits per heavy atom. The van der Waals surface area contributed by atoms with Gasteiger partial charge in [-0.25, -0.2) is 0 Å². The van der Waals surface area contributed by atoms with Crippen LogP contribution in [0.1, 0.15) is 124 Å². The van der Waals surface area contributed by atoms with Gasteiger partial charge in [-0.1, -0.05) is 111 Å². The molecule has 0 nitrogen and oxygen atoms in total. The predicted molar refractivity (Wildman–Crippen MR) is 96.8 cm³/mol. The van der Waals surface area contributed by atoms with Crippen molar-refractivity contribution in [1.82, 2.24) is 0 Å². The molecular formula is C21H42. The summed E-state index contributed by atoms with van der Waals surface area (Å²) in [4.78, 5) is 0. The van der Waals surface area contributed by atoms with Crippen LogP contribution >= 0.6 is 0 Å². The highest BCUT2D eigenvalue weighted by Crippen LogP contribution is 2.34. The molecule has 0 N–H and O–H groups in total. The average molecular weight is 295 g/mol. The zero-order chi connectivity index (χ0) is 15.4. The van der Waals surface area contributed by atoms with Crippen molar-refractivity contribution in [2.24, 2.45) is 11.3 Å². The Balaban J connectivity index is 2.32. The van der Waals surface area contributed by atoms with Crippen LogP contribution in [0.2, 0.25) is 0 Å². The molecule has 1 aliphatic rings. The molecule has 0 atom stereocenters. The lowest BCUT2D eigenvalue weighted by Gasteiger charge is -2.31. The van der Waals surface area contributed by atoms with E-state index in [1.54, 1.807) is 0 Å². The lowest BCUT2D eigenvalue weighted by atomic mass is 9.75. The van der Waals surface area contributed by atoms with Crippen LogP contribution in [0.3, 0.4) is 0 Å². The van der Waals surface area contributed by atoms with Gasteiger partial charge in [0.25, 0.3) is 0 Å². The summed E-state index contributed by atoms with van der Waals surface area (Å²) in [6.45, 7) is 7.38. The second kappa shape index (κ2) is 11.6. The molecule has 0 heterocycles. The normalized spacial score (nSPS) is 23.6. The van der Waals surface area contributed by atoms with Crippen molar-refractivity contribution < 1.29 is 0 Å². The molecule has 0 bridgehead atoms. The van der Waals surface area contributed by atoms with Gasteiger partial charge in [0.1, 0.15) is 0 Å². The van der Waals surface area contributed by atoms with E-state index in [4.69, 9.17) is 0 Å². The fourth-order valence-electron chi connectivity index (χ4n) is 3.91. The Hall–Kier alpha value is 0. The third-order valence-electron chi connectivity index (χ3n) is 5.58. The van der Waals surface area contributed by atoms with Crippen molar-refractivity contribution in [3.05, 3.63) is 0 Å². The molecule has 0 unspecified atom stereocenters. The zero-order valence-electron chi connectivity index (χ0n) is 15.4. The maximum absolute atomic E-state index is 2.46. The fraction of sp³-hybridized carbons (Fsp3) is 1.00. The molecule has 1 aliphatic carbocycles. The van der Waals surface area contributed by atoms with Crippen LogP contribution < -0.4 is 0 Å². The first-order chi connectivity index (χ1) is 10.1. The highest BCUT2D eigenvalue weighted by Gasteiger charge is 2.23. The lowest BCUT2D eigenvalue weighted by Crippen LogP contribution is -2.20. The van der Waals surface area contributed by atoms with Gasteiger partial charge in [0.2, 0.25) is 0 Å². The third kappa shape index (κ3) is 10.4. The second-order valence-electron chi connectivity index (χ2n) is 8.59. The molecule has 1 rings (SSSR count). The topological polar surface area (TPSA) is 0 Å². The molecule has 0 heteroatoms. The quantitative estimate of drug-likeness (QED) is 0.426. The van der Waals surface area contributed by atoms with Crippen LogP contribution in [0.25, 0.3) is 0 Å². The van der Waals surface area contributed by atoms with E-state index in [0.717, 1.165) is 5.92 Å². The maximum atomic E-state index is 2.46. The van der Waals surface area contributed by atoms with E-state index in [1.807, 2.05) is 0 Å². The van der Waals surface area contributed by atoms with Gasteiger partial charge < -0.3 is 0 Å². The van der Waals surface area contributed by atoms with Crippen molar-refractivity contribution in [3.63, 3.8) is 0 Å². The van der Waals surface area contributed by atoms with E-state index in [1.165, 1.54) is 103 Å². The molecule has 0 radical (unpaired) electrons. The van der Waals surface area contributed by atoms with Crippen molar-refractivity contribution in [3.8, 4) is 0 Å². The molecule has 0 aliphatic heterocycles. The summed E-state index contributed by atoms with van der Waals surface area (Å²) in [5.41, 5.74) is 0.517. The van der Waals surface area contributed by atoms with Crippen LogP contribution in [-0.2, 0) is 0 Å². The highest BCUT2D eigenvalue weighted by molar-refractivity contribution is 4.74. The molecule has 0 aromatic rings. The monoisotopic (exact) mass is 294 g/mol. The smallest absolute Gasteiger partial charge is 0.0354 e. The standard InChI is InChI=1S/C21H42/c1-21(2,3)20-18-16-14-12-10-8-6-4-5-7-9-11-13-15-17-19-20/h20H,4-19H2,1-3H3. The summed E-state index contributed by atoms with van der Waals surface area (Å²) in [7, 11) is 0. The van der Waals surface area contributed by atoms with Gasteiger partial charge in [0, 0.05) is 0 Å². The van der Waals surface area contributed by atoms with Gasteiger partial charge in [-0.05, 0) is 24.2 Å². The first-order valence-corrected chi connectivity index (χ1v) is 10.1. The van der Waals surface area contributed by atoms with Gasteiger partial charge in [-0.15, -0.1) is 0 Å². The van der Waals surface area contributed by atoms with Gasteiger partial charge in [-0.2, -0.15) is 0 Å². The summed E-state index contributed by atoms with van der Waals surface area (Å²) in [6, 6.07) is 0. The van der Waals surface area contributed by atoms with E-state index in [2.05, 4.69) is 20.8 Å². The fourth-order valence-corrected chi connectivity index (χ4v) is 3.91. The highest BCUT2D eigenvalue weighted by atomic mass is 14.3. The van der Waals surface area contributed by atoms with Gasteiger partial charge >= 0.3 is 0 Å².